The summed E-state index contributed by atoms with van der Waals surface area (Å²) in [6.07, 6.45) is 0.388. The molecule has 0 bridgehead atoms. The summed E-state index contributed by atoms with van der Waals surface area (Å²) < 4.78 is 32.6. The van der Waals surface area contributed by atoms with E-state index < -0.39 is 15.9 Å². The van der Waals surface area contributed by atoms with Gasteiger partial charge in [-0.15, -0.1) is 0 Å². The number of amides is 2. The van der Waals surface area contributed by atoms with E-state index in [-0.39, 0.29) is 22.4 Å². The van der Waals surface area contributed by atoms with Gasteiger partial charge in [0, 0.05) is 24.7 Å². The third kappa shape index (κ3) is 6.19. The predicted molar refractivity (Wildman–Crippen MR) is 136 cm³/mol. The lowest BCUT2D eigenvalue weighted by atomic mass is 10.1. The Morgan fingerprint density at radius 3 is 2.26 bits per heavy atom. The molecule has 0 aliphatic carbocycles. The highest BCUT2D eigenvalue weighted by Gasteiger charge is 2.23. The molecule has 3 aromatic rings. The average Bonchev–Trinajstić information content (AvgIpc) is 2.88. The van der Waals surface area contributed by atoms with Crippen LogP contribution in [-0.4, -0.2) is 34.4 Å². The van der Waals surface area contributed by atoms with Gasteiger partial charge in [-0.3, -0.25) is 13.9 Å². The van der Waals surface area contributed by atoms with Crippen molar-refractivity contribution in [2.75, 3.05) is 23.8 Å². The molecule has 0 aliphatic rings. The number of nitrogens with one attached hydrogen (secondary N) is 2. The van der Waals surface area contributed by atoms with Crippen molar-refractivity contribution in [2.24, 2.45) is 0 Å². The molecule has 184 valence electrons. The van der Waals surface area contributed by atoms with Crippen LogP contribution in [0, 0.1) is 0 Å². The maximum atomic E-state index is 13.2. The van der Waals surface area contributed by atoms with Gasteiger partial charge < -0.3 is 15.4 Å². The van der Waals surface area contributed by atoms with Crippen LogP contribution in [0.2, 0.25) is 0 Å². The Morgan fingerprint density at radius 2 is 1.66 bits per heavy atom. The van der Waals surface area contributed by atoms with Gasteiger partial charge in [0.15, 0.2) is 0 Å². The Kier molecular flexibility index (Phi) is 8.14. The summed E-state index contributed by atoms with van der Waals surface area (Å²) in [6, 6.07) is 19.4. The molecule has 0 fully saturated rings. The zero-order chi connectivity index (χ0) is 25.6. The Balaban J connectivity index is 1.73. The topological polar surface area (TPSA) is 105 Å². The first-order valence-corrected chi connectivity index (χ1v) is 12.5. The highest BCUT2D eigenvalue weighted by molar-refractivity contribution is 7.92. The second-order valence-electron chi connectivity index (χ2n) is 7.92. The minimum Gasteiger partial charge on any atom is -0.497 e. The van der Waals surface area contributed by atoms with E-state index in [4.69, 9.17) is 4.74 Å². The molecule has 0 aromatic heterocycles. The van der Waals surface area contributed by atoms with Crippen molar-refractivity contribution in [3.63, 3.8) is 0 Å². The standard InChI is InChI=1S/C26H29N3O5S/c1-5-25(30)28-21-11-9-19(10-12-21)18(2)27-26(31)20-7-6-8-24(17-20)35(32,33)29(3)22-13-15-23(34-4)16-14-22/h6-18H,5H2,1-4H3,(H,27,31)(H,28,30). The van der Waals surface area contributed by atoms with Gasteiger partial charge in [0.05, 0.1) is 23.7 Å². The summed E-state index contributed by atoms with van der Waals surface area (Å²) in [7, 11) is -0.894. The fraction of sp³-hybridized carbons (Fsp3) is 0.231. The third-order valence-corrected chi connectivity index (χ3v) is 7.34. The fourth-order valence-electron chi connectivity index (χ4n) is 3.35. The van der Waals surface area contributed by atoms with Gasteiger partial charge in [-0.05, 0) is 67.1 Å². The van der Waals surface area contributed by atoms with E-state index in [1.165, 1.54) is 26.3 Å². The van der Waals surface area contributed by atoms with E-state index in [2.05, 4.69) is 10.6 Å². The Bertz CT molecular complexity index is 1290. The molecule has 9 heteroatoms. The summed E-state index contributed by atoms with van der Waals surface area (Å²) in [4.78, 5) is 24.4. The second kappa shape index (κ2) is 11.1. The number of carbonyl (C=O) groups excluding carboxylic acids is 2. The quantitative estimate of drug-likeness (QED) is 0.459. The molecule has 0 radical (unpaired) electrons. The molecule has 0 spiro atoms. The minimum absolute atomic E-state index is 0.00661. The van der Waals surface area contributed by atoms with Gasteiger partial charge >= 0.3 is 0 Å². The third-order valence-electron chi connectivity index (χ3n) is 5.55. The molecular formula is C26H29N3O5S. The van der Waals surface area contributed by atoms with Crippen LogP contribution in [0.5, 0.6) is 5.75 Å². The van der Waals surface area contributed by atoms with Crippen LogP contribution in [0.3, 0.4) is 0 Å². The number of anilines is 2. The molecule has 35 heavy (non-hydrogen) atoms. The maximum Gasteiger partial charge on any atom is 0.264 e. The molecule has 3 rings (SSSR count). The van der Waals surface area contributed by atoms with Crippen LogP contribution in [-0.2, 0) is 14.8 Å². The zero-order valence-corrected chi connectivity index (χ0v) is 20.9. The number of rotatable bonds is 9. The highest BCUT2D eigenvalue weighted by Crippen LogP contribution is 2.25. The van der Waals surface area contributed by atoms with E-state index in [0.717, 1.165) is 9.87 Å². The minimum atomic E-state index is -3.89. The average molecular weight is 496 g/mol. The predicted octanol–water partition coefficient (Wildman–Crippen LogP) is 4.36. The van der Waals surface area contributed by atoms with Crippen LogP contribution in [0.4, 0.5) is 11.4 Å². The molecule has 8 nitrogen and oxygen atoms in total. The SMILES string of the molecule is CCC(=O)Nc1ccc(C(C)NC(=O)c2cccc(S(=O)(=O)N(C)c3ccc(OC)cc3)c2)cc1. The number of nitrogens with zero attached hydrogens (tertiary/aromatic N) is 1. The highest BCUT2D eigenvalue weighted by atomic mass is 32.2. The molecule has 2 amide bonds. The van der Waals surface area contributed by atoms with Gasteiger partial charge in [-0.25, -0.2) is 8.42 Å². The summed E-state index contributed by atoms with van der Waals surface area (Å²) >= 11 is 0. The first kappa shape index (κ1) is 25.8. The molecule has 0 heterocycles. The van der Waals surface area contributed by atoms with Crippen LogP contribution in [0.25, 0.3) is 0 Å². The van der Waals surface area contributed by atoms with E-state index in [0.29, 0.717) is 23.5 Å². The van der Waals surface area contributed by atoms with Crippen molar-refractivity contribution in [1.82, 2.24) is 5.32 Å². The second-order valence-corrected chi connectivity index (χ2v) is 9.89. The fourth-order valence-corrected chi connectivity index (χ4v) is 4.60. The van der Waals surface area contributed by atoms with Crippen molar-refractivity contribution in [3.05, 3.63) is 83.9 Å². The monoisotopic (exact) mass is 495 g/mol. The smallest absolute Gasteiger partial charge is 0.264 e. The number of hydrogen-bond donors (Lipinski definition) is 2. The van der Waals surface area contributed by atoms with Crippen LogP contribution in [0.1, 0.15) is 42.2 Å². The molecule has 0 saturated heterocycles. The Hall–Kier alpha value is -3.85. The number of hydrogen-bond acceptors (Lipinski definition) is 5. The Labute approximate surface area is 206 Å². The zero-order valence-electron chi connectivity index (χ0n) is 20.1. The number of carbonyl (C=O) groups is 2. The van der Waals surface area contributed by atoms with Crippen molar-refractivity contribution in [3.8, 4) is 5.75 Å². The summed E-state index contributed by atoms with van der Waals surface area (Å²) in [5.41, 5.74) is 2.22. The van der Waals surface area contributed by atoms with Crippen LogP contribution in [0.15, 0.2) is 77.7 Å². The largest absolute Gasteiger partial charge is 0.497 e. The molecule has 1 atom stereocenters. The van der Waals surface area contributed by atoms with Crippen molar-refractivity contribution >= 4 is 33.2 Å². The lowest BCUT2D eigenvalue weighted by Crippen LogP contribution is -2.28. The van der Waals surface area contributed by atoms with E-state index in [1.54, 1.807) is 55.5 Å². The molecule has 0 aliphatic heterocycles. The molecule has 1 unspecified atom stereocenters. The van der Waals surface area contributed by atoms with E-state index >= 15 is 0 Å². The summed E-state index contributed by atoms with van der Waals surface area (Å²) in [5, 5.41) is 5.67. The van der Waals surface area contributed by atoms with Gasteiger partial charge in [-0.2, -0.15) is 0 Å². The van der Waals surface area contributed by atoms with E-state index in [9.17, 15) is 18.0 Å². The normalized spacial score (nSPS) is 11.9. The van der Waals surface area contributed by atoms with Crippen molar-refractivity contribution < 1.29 is 22.7 Å². The number of ether oxygens (including phenoxy) is 1. The van der Waals surface area contributed by atoms with Gasteiger partial charge in [-0.1, -0.05) is 25.1 Å². The van der Waals surface area contributed by atoms with E-state index in [1.807, 2.05) is 19.1 Å². The lowest BCUT2D eigenvalue weighted by molar-refractivity contribution is -0.115. The molecule has 3 aromatic carbocycles. The summed E-state index contributed by atoms with van der Waals surface area (Å²) in [6.45, 7) is 3.61. The summed E-state index contributed by atoms with van der Waals surface area (Å²) in [5.74, 6) is 0.143. The maximum absolute atomic E-state index is 13.2. The Morgan fingerprint density at radius 1 is 1.00 bits per heavy atom. The van der Waals surface area contributed by atoms with Gasteiger partial charge in [0.2, 0.25) is 5.91 Å². The van der Waals surface area contributed by atoms with Crippen molar-refractivity contribution in [2.45, 2.75) is 31.2 Å². The number of methoxy groups -OCH3 is 1. The lowest BCUT2D eigenvalue weighted by Gasteiger charge is -2.20. The number of sulfonamides is 1. The van der Waals surface area contributed by atoms with Crippen LogP contribution < -0.4 is 19.7 Å². The molecular weight excluding hydrogens is 466 g/mol. The van der Waals surface area contributed by atoms with Crippen LogP contribution >= 0.6 is 0 Å². The first-order valence-electron chi connectivity index (χ1n) is 11.1. The molecule has 2 N–H and O–H groups in total. The van der Waals surface area contributed by atoms with Gasteiger partial charge in [0.25, 0.3) is 15.9 Å². The first-order chi connectivity index (χ1) is 16.6. The van der Waals surface area contributed by atoms with Gasteiger partial charge in [0.1, 0.15) is 5.75 Å². The molecule has 0 saturated carbocycles. The van der Waals surface area contributed by atoms with Crippen molar-refractivity contribution in [1.29, 1.82) is 0 Å². The number of benzene rings is 3.